The number of hydrogen-bond donors (Lipinski definition) is 0. The summed E-state index contributed by atoms with van der Waals surface area (Å²) in [6, 6.07) is 6.19. The molecule has 1 fully saturated rings. The molecule has 0 radical (unpaired) electrons. The van der Waals surface area contributed by atoms with Gasteiger partial charge in [0.25, 0.3) is 0 Å². The Labute approximate surface area is 92.3 Å². The van der Waals surface area contributed by atoms with Crippen LogP contribution in [0, 0.1) is 11.8 Å². The van der Waals surface area contributed by atoms with Gasteiger partial charge in [-0.05, 0) is 30.4 Å². The van der Waals surface area contributed by atoms with E-state index in [0.29, 0.717) is 0 Å². The van der Waals surface area contributed by atoms with E-state index in [1.165, 1.54) is 25.3 Å². The zero-order valence-electron chi connectivity index (χ0n) is 9.69. The molecule has 0 unspecified atom stereocenters. The number of aromatic nitrogens is 1. The lowest BCUT2D eigenvalue weighted by molar-refractivity contribution is 0.0867. The maximum atomic E-state index is 4.37. The van der Waals surface area contributed by atoms with E-state index in [2.05, 4.69) is 35.9 Å². The van der Waals surface area contributed by atoms with Crippen LogP contribution in [0.2, 0.25) is 0 Å². The molecule has 0 atom stereocenters. The first-order chi connectivity index (χ1) is 7.24. The van der Waals surface area contributed by atoms with Crippen molar-refractivity contribution in [3.05, 3.63) is 30.1 Å². The molecule has 15 heavy (non-hydrogen) atoms. The van der Waals surface area contributed by atoms with Gasteiger partial charge in [-0.1, -0.05) is 19.9 Å². The normalized spacial score (nSPS) is 18.1. The summed E-state index contributed by atoms with van der Waals surface area (Å²) >= 11 is 0. The van der Waals surface area contributed by atoms with Crippen molar-refractivity contribution >= 4 is 0 Å². The van der Waals surface area contributed by atoms with Crippen LogP contribution < -0.4 is 0 Å². The van der Waals surface area contributed by atoms with Gasteiger partial charge in [-0.3, -0.25) is 4.98 Å². The summed E-state index contributed by atoms with van der Waals surface area (Å²) in [7, 11) is 0. The van der Waals surface area contributed by atoms with E-state index in [1.54, 1.807) is 0 Å². The molecule has 1 aromatic rings. The van der Waals surface area contributed by atoms with Crippen LogP contribution in [-0.2, 0) is 6.42 Å². The van der Waals surface area contributed by atoms with Gasteiger partial charge >= 0.3 is 0 Å². The molecule has 0 spiro atoms. The molecule has 0 bridgehead atoms. The van der Waals surface area contributed by atoms with E-state index in [-0.39, 0.29) is 0 Å². The molecular weight excluding hydrogens is 184 g/mol. The molecule has 1 aliphatic heterocycles. The molecule has 0 saturated carbocycles. The van der Waals surface area contributed by atoms with Crippen LogP contribution in [0.25, 0.3) is 0 Å². The predicted molar refractivity (Wildman–Crippen MR) is 62.7 cm³/mol. The molecule has 0 aromatic carbocycles. The maximum Gasteiger partial charge on any atom is 0.0407 e. The fourth-order valence-corrected chi connectivity index (χ4v) is 2.29. The minimum absolute atomic E-state index is 0.792. The van der Waals surface area contributed by atoms with E-state index in [0.717, 1.165) is 18.3 Å². The van der Waals surface area contributed by atoms with Crippen molar-refractivity contribution in [1.82, 2.24) is 9.88 Å². The molecule has 0 N–H and O–H groups in total. The lowest BCUT2D eigenvalue weighted by Gasteiger charge is -2.40. The Morgan fingerprint density at radius 1 is 1.40 bits per heavy atom. The Hall–Kier alpha value is -0.890. The van der Waals surface area contributed by atoms with Crippen molar-refractivity contribution in [3.8, 4) is 0 Å². The molecule has 1 aliphatic rings. The molecule has 2 rings (SSSR count). The summed E-state index contributed by atoms with van der Waals surface area (Å²) in [6.45, 7) is 8.33. The van der Waals surface area contributed by atoms with Crippen LogP contribution in [0.1, 0.15) is 19.5 Å². The van der Waals surface area contributed by atoms with Gasteiger partial charge in [0, 0.05) is 31.5 Å². The first kappa shape index (κ1) is 10.6. The minimum atomic E-state index is 0.792. The van der Waals surface area contributed by atoms with Gasteiger partial charge in [0.05, 0.1) is 0 Å². The standard InChI is InChI=1S/C13H20N2/c1-11(2)8-15-9-12(10-15)7-13-5-3-4-6-14-13/h3-6,11-12H,7-10H2,1-2H3. The molecule has 2 heterocycles. The summed E-state index contributed by atoms with van der Waals surface area (Å²) in [5.74, 6) is 1.62. The van der Waals surface area contributed by atoms with Gasteiger partial charge in [-0.25, -0.2) is 0 Å². The third kappa shape index (κ3) is 3.03. The highest BCUT2D eigenvalue weighted by Gasteiger charge is 2.26. The molecule has 0 amide bonds. The van der Waals surface area contributed by atoms with E-state index in [9.17, 15) is 0 Å². The Balaban J connectivity index is 1.72. The van der Waals surface area contributed by atoms with Crippen molar-refractivity contribution < 1.29 is 0 Å². The zero-order chi connectivity index (χ0) is 10.7. The smallest absolute Gasteiger partial charge is 0.0407 e. The monoisotopic (exact) mass is 204 g/mol. The third-order valence-electron chi connectivity index (χ3n) is 2.88. The summed E-state index contributed by atoms with van der Waals surface area (Å²) in [5.41, 5.74) is 1.24. The topological polar surface area (TPSA) is 16.1 Å². The van der Waals surface area contributed by atoms with Crippen molar-refractivity contribution in [2.24, 2.45) is 11.8 Å². The van der Waals surface area contributed by atoms with Gasteiger partial charge in [0.1, 0.15) is 0 Å². The fourth-order valence-electron chi connectivity index (χ4n) is 2.29. The summed E-state index contributed by atoms with van der Waals surface area (Å²) in [4.78, 5) is 6.91. The predicted octanol–water partition coefficient (Wildman–Crippen LogP) is 2.21. The Morgan fingerprint density at radius 2 is 2.20 bits per heavy atom. The lowest BCUT2D eigenvalue weighted by atomic mass is 9.93. The fraction of sp³-hybridized carbons (Fsp3) is 0.615. The van der Waals surface area contributed by atoms with Crippen molar-refractivity contribution in [2.75, 3.05) is 19.6 Å². The maximum absolute atomic E-state index is 4.37. The van der Waals surface area contributed by atoms with E-state index >= 15 is 0 Å². The van der Waals surface area contributed by atoms with E-state index < -0.39 is 0 Å². The molecular formula is C13H20N2. The second-order valence-corrected chi connectivity index (χ2v) is 5.00. The number of rotatable bonds is 4. The number of pyridine rings is 1. The zero-order valence-corrected chi connectivity index (χ0v) is 9.69. The van der Waals surface area contributed by atoms with E-state index in [4.69, 9.17) is 0 Å². The molecule has 2 heteroatoms. The average molecular weight is 204 g/mol. The largest absolute Gasteiger partial charge is 0.302 e. The molecule has 2 nitrogen and oxygen atoms in total. The SMILES string of the molecule is CC(C)CN1CC(Cc2ccccn2)C1. The van der Waals surface area contributed by atoms with Crippen LogP contribution in [0.4, 0.5) is 0 Å². The summed E-state index contributed by atoms with van der Waals surface area (Å²) < 4.78 is 0. The van der Waals surface area contributed by atoms with Crippen molar-refractivity contribution in [1.29, 1.82) is 0 Å². The molecule has 1 aromatic heterocycles. The average Bonchev–Trinajstić information content (AvgIpc) is 2.15. The Kier molecular flexibility index (Phi) is 3.37. The lowest BCUT2D eigenvalue weighted by Crippen LogP contribution is -2.48. The number of likely N-dealkylation sites (tertiary alicyclic amines) is 1. The van der Waals surface area contributed by atoms with Gasteiger partial charge in [0.15, 0.2) is 0 Å². The van der Waals surface area contributed by atoms with Crippen LogP contribution in [-0.4, -0.2) is 29.5 Å². The van der Waals surface area contributed by atoms with Crippen molar-refractivity contribution in [2.45, 2.75) is 20.3 Å². The molecule has 1 saturated heterocycles. The quantitative estimate of drug-likeness (QED) is 0.747. The Morgan fingerprint density at radius 3 is 2.80 bits per heavy atom. The highest BCUT2D eigenvalue weighted by molar-refractivity contribution is 5.05. The highest BCUT2D eigenvalue weighted by atomic mass is 15.2. The number of nitrogens with zero attached hydrogens (tertiary/aromatic N) is 2. The van der Waals surface area contributed by atoms with E-state index in [1.807, 2.05) is 12.3 Å². The first-order valence-corrected chi connectivity index (χ1v) is 5.86. The minimum Gasteiger partial charge on any atom is -0.302 e. The van der Waals surface area contributed by atoms with Crippen molar-refractivity contribution in [3.63, 3.8) is 0 Å². The second kappa shape index (κ2) is 4.75. The third-order valence-corrected chi connectivity index (χ3v) is 2.88. The Bertz CT molecular complexity index is 289. The van der Waals surface area contributed by atoms with Gasteiger partial charge in [0.2, 0.25) is 0 Å². The molecule has 0 aliphatic carbocycles. The van der Waals surface area contributed by atoms with Gasteiger partial charge in [-0.2, -0.15) is 0 Å². The number of hydrogen-bond acceptors (Lipinski definition) is 2. The summed E-state index contributed by atoms with van der Waals surface area (Å²) in [5, 5.41) is 0. The molecule has 82 valence electrons. The van der Waals surface area contributed by atoms with Gasteiger partial charge < -0.3 is 4.90 Å². The van der Waals surface area contributed by atoms with Crippen LogP contribution >= 0.6 is 0 Å². The second-order valence-electron chi connectivity index (χ2n) is 5.00. The van der Waals surface area contributed by atoms with Crippen LogP contribution in [0.15, 0.2) is 24.4 Å². The van der Waals surface area contributed by atoms with Crippen LogP contribution in [0.3, 0.4) is 0 Å². The highest BCUT2D eigenvalue weighted by Crippen LogP contribution is 2.20. The van der Waals surface area contributed by atoms with Gasteiger partial charge in [-0.15, -0.1) is 0 Å². The van der Waals surface area contributed by atoms with Crippen LogP contribution in [0.5, 0.6) is 0 Å². The first-order valence-electron chi connectivity index (χ1n) is 5.86. The summed E-state index contributed by atoms with van der Waals surface area (Å²) in [6.07, 6.45) is 3.04.